The van der Waals surface area contributed by atoms with Gasteiger partial charge in [0.1, 0.15) is 0 Å². The number of carbonyl (C=O) groups is 2. The fourth-order valence-electron chi connectivity index (χ4n) is 2.41. The number of aliphatic carboxylic acids is 1. The summed E-state index contributed by atoms with van der Waals surface area (Å²) in [4.78, 5) is 24.8. The quantitative estimate of drug-likeness (QED) is 0.735. The van der Waals surface area contributed by atoms with Crippen LogP contribution in [-0.4, -0.2) is 35.0 Å². The summed E-state index contributed by atoms with van der Waals surface area (Å²) < 4.78 is 0. The van der Waals surface area contributed by atoms with Gasteiger partial charge >= 0.3 is 5.97 Å². The van der Waals surface area contributed by atoms with Crippen LogP contribution in [0.15, 0.2) is 12.2 Å². The summed E-state index contributed by atoms with van der Waals surface area (Å²) in [6, 6.07) is 0. The molecule has 0 aromatic heterocycles. The van der Waals surface area contributed by atoms with Crippen LogP contribution >= 0.6 is 0 Å². The topological polar surface area (TPSA) is 57.6 Å². The summed E-state index contributed by atoms with van der Waals surface area (Å²) in [5, 5.41) is 8.76. The zero-order valence-corrected chi connectivity index (χ0v) is 10.7. The first-order valence-electron chi connectivity index (χ1n) is 6.82. The fourth-order valence-corrected chi connectivity index (χ4v) is 2.41. The van der Waals surface area contributed by atoms with Gasteiger partial charge in [-0.05, 0) is 38.0 Å². The van der Waals surface area contributed by atoms with E-state index in [9.17, 15) is 9.59 Å². The first-order valence-corrected chi connectivity index (χ1v) is 6.82. The number of carbonyl (C=O) groups excluding carboxylic acids is 1. The van der Waals surface area contributed by atoms with Crippen LogP contribution in [0.1, 0.15) is 38.5 Å². The Kier molecular flexibility index (Phi) is 4.39. The minimum Gasteiger partial charge on any atom is -0.481 e. The Bertz CT molecular complexity index is 347. The van der Waals surface area contributed by atoms with Crippen LogP contribution in [0, 0.1) is 11.8 Å². The van der Waals surface area contributed by atoms with Crippen molar-refractivity contribution in [1.82, 2.24) is 4.90 Å². The summed E-state index contributed by atoms with van der Waals surface area (Å²) in [6.45, 7) is 1.12. The van der Waals surface area contributed by atoms with E-state index < -0.39 is 5.97 Å². The zero-order chi connectivity index (χ0) is 13.0. The molecular weight excluding hydrogens is 230 g/mol. The summed E-state index contributed by atoms with van der Waals surface area (Å²) in [6.07, 6.45) is 9.29. The molecule has 0 saturated heterocycles. The molecule has 0 bridgehead atoms. The van der Waals surface area contributed by atoms with Crippen molar-refractivity contribution in [3.8, 4) is 0 Å². The highest BCUT2D eigenvalue weighted by Crippen LogP contribution is 2.31. The normalized spacial score (nSPS) is 22.8. The van der Waals surface area contributed by atoms with Gasteiger partial charge in [0.25, 0.3) is 0 Å². The highest BCUT2D eigenvalue weighted by molar-refractivity contribution is 5.80. The third-order valence-corrected chi connectivity index (χ3v) is 3.70. The predicted octanol–water partition coefficient (Wildman–Crippen LogP) is 2.06. The Morgan fingerprint density at radius 3 is 2.56 bits per heavy atom. The van der Waals surface area contributed by atoms with Crippen molar-refractivity contribution < 1.29 is 14.7 Å². The summed E-state index contributed by atoms with van der Waals surface area (Å²) in [5.74, 6) is 0.0176. The lowest BCUT2D eigenvalue weighted by molar-refractivity contribution is -0.140. The van der Waals surface area contributed by atoms with E-state index in [0.29, 0.717) is 12.5 Å². The highest BCUT2D eigenvalue weighted by Gasteiger charge is 2.30. The summed E-state index contributed by atoms with van der Waals surface area (Å²) in [7, 11) is 0. The van der Waals surface area contributed by atoms with Gasteiger partial charge in [0.05, 0.1) is 6.42 Å². The molecule has 2 aliphatic carbocycles. The Labute approximate surface area is 108 Å². The van der Waals surface area contributed by atoms with Crippen molar-refractivity contribution in [2.45, 2.75) is 38.5 Å². The minimum absolute atomic E-state index is 0.0566. The van der Waals surface area contributed by atoms with Gasteiger partial charge in [0.15, 0.2) is 0 Å². The average molecular weight is 251 g/mol. The number of carboxylic acids is 1. The molecule has 4 nitrogen and oxygen atoms in total. The Morgan fingerprint density at radius 1 is 1.22 bits per heavy atom. The van der Waals surface area contributed by atoms with Crippen molar-refractivity contribution >= 4 is 11.9 Å². The van der Waals surface area contributed by atoms with Gasteiger partial charge in [-0.3, -0.25) is 9.59 Å². The molecule has 2 aliphatic rings. The third-order valence-electron chi connectivity index (χ3n) is 3.70. The van der Waals surface area contributed by atoms with E-state index >= 15 is 0 Å². The van der Waals surface area contributed by atoms with Crippen molar-refractivity contribution in [1.29, 1.82) is 0 Å². The second kappa shape index (κ2) is 6.03. The minimum atomic E-state index is -0.827. The van der Waals surface area contributed by atoms with E-state index in [1.165, 1.54) is 12.8 Å². The molecule has 18 heavy (non-hydrogen) atoms. The van der Waals surface area contributed by atoms with Crippen LogP contribution in [0.25, 0.3) is 0 Å². The number of amides is 1. The van der Waals surface area contributed by atoms with E-state index in [1.807, 2.05) is 0 Å². The second-order valence-electron chi connectivity index (χ2n) is 5.35. The van der Waals surface area contributed by atoms with Crippen molar-refractivity contribution in [3.05, 3.63) is 12.2 Å². The van der Waals surface area contributed by atoms with Crippen LogP contribution in [-0.2, 0) is 9.59 Å². The number of rotatable bonds is 6. The maximum Gasteiger partial charge on any atom is 0.305 e. The van der Waals surface area contributed by atoms with Crippen LogP contribution in [0.3, 0.4) is 0 Å². The SMILES string of the molecule is O=C(O)CCN(CC1CC1)C(=O)C1CC=CCC1. The number of hydrogen-bond acceptors (Lipinski definition) is 2. The lowest BCUT2D eigenvalue weighted by Crippen LogP contribution is -2.39. The molecule has 1 unspecified atom stereocenters. The first-order chi connectivity index (χ1) is 8.66. The number of carboxylic acid groups (broad SMARTS) is 1. The maximum absolute atomic E-state index is 12.4. The first kappa shape index (κ1) is 13.1. The zero-order valence-electron chi connectivity index (χ0n) is 10.7. The second-order valence-corrected chi connectivity index (χ2v) is 5.35. The van der Waals surface area contributed by atoms with E-state index in [1.54, 1.807) is 4.90 Å². The summed E-state index contributed by atoms with van der Waals surface area (Å²) in [5.41, 5.74) is 0. The van der Waals surface area contributed by atoms with Crippen molar-refractivity contribution in [2.75, 3.05) is 13.1 Å². The number of nitrogens with zero attached hydrogens (tertiary/aromatic N) is 1. The van der Waals surface area contributed by atoms with Gasteiger partial charge in [-0.25, -0.2) is 0 Å². The average Bonchev–Trinajstić information content (AvgIpc) is 3.18. The maximum atomic E-state index is 12.4. The summed E-state index contributed by atoms with van der Waals surface area (Å²) >= 11 is 0. The van der Waals surface area contributed by atoms with E-state index in [4.69, 9.17) is 5.11 Å². The van der Waals surface area contributed by atoms with Crippen LogP contribution < -0.4 is 0 Å². The molecule has 0 aliphatic heterocycles. The molecule has 100 valence electrons. The van der Waals surface area contributed by atoms with Crippen LogP contribution in [0.5, 0.6) is 0 Å². The van der Waals surface area contributed by atoms with E-state index in [-0.39, 0.29) is 18.2 Å². The third kappa shape index (κ3) is 3.86. The fraction of sp³-hybridized carbons (Fsp3) is 0.714. The predicted molar refractivity (Wildman–Crippen MR) is 68.0 cm³/mol. The van der Waals surface area contributed by atoms with Gasteiger partial charge in [-0.1, -0.05) is 12.2 Å². The number of hydrogen-bond donors (Lipinski definition) is 1. The van der Waals surface area contributed by atoms with E-state index in [2.05, 4.69) is 12.2 Å². The van der Waals surface area contributed by atoms with Gasteiger partial charge in [-0.15, -0.1) is 0 Å². The van der Waals surface area contributed by atoms with Gasteiger partial charge in [-0.2, -0.15) is 0 Å². The van der Waals surface area contributed by atoms with Gasteiger partial charge < -0.3 is 10.0 Å². The van der Waals surface area contributed by atoms with E-state index in [0.717, 1.165) is 25.8 Å². The molecule has 0 radical (unpaired) electrons. The Balaban J connectivity index is 1.90. The lowest BCUT2D eigenvalue weighted by Gasteiger charge is -2.27. The largest absolute Gasteiger partial charge is 0.481 e. The molecular formula is C14H21NO3. The molecule has 1 amide bonds. The molecule has 0 heterocycles. The number of allylic oxidation sites excluding steroid dienone is 2. The molecule has 1 fully saturated rings. The molecule has 1 saturated carbocycles. The smallest absolute Gasteiger partial charge is 0.305 e. The van der Waals surface area contributed by atoms with Crippen molar-refractivity contribution in [2.24, 2.45) is 11.8 Å². The molecule has 4 heteroatoms. The molecule has 1 N–H and O–H groups in total. The molecule has 0 aromatic carbocycles. The standard InChI is InChI=1S/C14H21NO3/c16-13(17)8-9-15(10-11-6-7-11)14(18)12-4-2-1-3-5-12/h1-2,11-12H,3-10H2,(H,16,17). The lowest BCUT2D eigenvalue weighted by atomic mass is 9.93. The van der Waals surface area contributed by atoms with Crippen molar-refractivity contribution in [3.63, 3.8) is 0 Å². The highest BCUT2D eigenvalue weighted by atomic mass is 16.4. The van der Waals surface area contributed by atoms with Crippen LogP contribution in [0.2, 0.25) is 0 Å². The van der Waals surface area contributed by atoms with Crippen LogP contribution in [0.4, 0.5) is 0 Å². The monoisotopic (exact) mass is 251 g/mol. The Morgan fingerprint density at radius 2 is 2.00 bits per heavy atom. The molecule has 0 spiro atoms. The molecule has 0 aromatic rings. The van der Waals surface area contributed by atoms with Gasteiger partial charge in [0, 0.05) is 19.0 Å². The molecule has 1 atom stereocenters. The molecule has 2 rings (SSSR count). The Hall–Kier alpha value is -1.32. The van der Waals surface area contributed by atoms with Gasteiger partial charge in [0.2, 0.25) is 5.91 Å².